The van der Waals surface area contributed by atoms with Gasteiger partial charge in [0, 0.05) is 48.0 Å². The number of rotatable bonds is 20. The predicted molar refractivity (Wildman–Crippen MR) is 217 cm³/mol. The first-order valence-corrected chi connectivity index (χ1v) is 23.0. The molecule has 1 unspecified atom stereocenters. The van der Waals surface area contributed by atoms with Gasteiger partial charge in [0.1, 0.15) is 23.0 Å². The molecule has 1 atom stereocenters. The van der Waals surface area contributed by atoms with Gasteiger partial charge in [-0.3, -0.25) is 24.7 Å². The Kier molecular flexibility index (Phi) is 15.2. The monoisotopic (exact) mass is 923 g/mol. The van der Waals surface area contributed by atoms with E-state index in [-0.39, 0.29) is 63.0 Å². The maximum Gasteiger partial charge on any atom is 0.422 e. The van der Waals surface area contributed by atoms with Gasteiger partial charge in [-0.15, -0.1) is 0 Å². The SMILES string of the molecule is Cc1c(OCC(F)(F)F)ccnc1C[S+]([O-])c1nc2ccccc2n1S(=O)(=O)c1c(OCC(=O)NCCCC(=O)OCCS(=O)(=O)c2cccc([N+](=O)[O-])c2)cccc1C(C)C. The molecule has 0 saturated carbocycles. The van der Waals surface area contributed by atoms with E-state index in [0.717, 1.165) is 16.1 Å². The Labute approximate surface area is 356 Å². The molecule has 5 aromatic rings. The number of amides is 1. The number of nitrogens with one attached hydrogen (secondary N) is 1. The number of nitro benzene ring substituents is 1. The minimum Gasteiger partial charge on any atom is -0.609 e. The molecule has 3 aromatic carbocycles. The molecule has 0 aliphatic heterocycles. The predicted octanol–water partition coefficient (Wildman–Crippen LogP) is 5.55. The lowest BCUT2D eigenvalue weighted by Gasteiger charge is -2.20. The number of hydrogen-bond acceptors (Lipinski definition) is 14. The molecule has 2 aromatic heterocycles. The van der Waals surface area contributed by atoms with E-state index in [1.165, 1.54) is 55.6 Å². The lowest BCUT2D eigenvalue weighted by molar-refractivity contribution is -0.385. The Bertz CT molecular complexity index is 2680. The molecule has 5 rings (SSSR count). The number of aromatic nitrogens is 3. The Morgan fingerprint density at radius 2 is 1.71 bits per heavy atom. The fraction of sp³-hybridized carbons (Fsp3) is 0.333. The average molecular weight is 924 g/mol. The van der Waals surface area contributed by atoms with Gasteiger partial charge >= 0.3 is 17.3 Å². The minimum atomic E-state index is -4.74. The van der Waals surface area contributed by atoms with Crippen molar-refractivity contribution >= 4 is 59.6 Å². The van der Waals surface area contributed by atoms with E-state index >= 15 is 0 Å². The number of esters is 1. The van der Waals surface area contributed by atoms with Gasteiger partial charge in [-0.1, -0.05) is 44.2 Å². The Morgan fingerprint density at radius 1 is 0.984 bits per heavy atom. The highest BCUT2D eigenvalue weighted by atomic mass is 32.2. The second kappa shape index (κ2) is 19.9. The summed E-state index contributed by atoms with van der Waals surface area (Å²) in [5.41, 5.74) is 0.366. The summed E-state index contributed by atoms with van der Waals surface area (Å²) in [6.45, 7) is 2.13. The van der Waals surface area contributed by atoms with Crippen LogP contribution in [-0.2, 0) is 51.1 Å². The van der Waals surface area contributed by atoms with Gasteiger partial charge in [0.15, 0.2) is 28.8 Å². The number of sulfone groups is 1. The van der Waals surface area contributed by atoms with Crippen molar-refractivity contribution < 1.29 is 63.3 Å². The van der Waals surface area contributed by atoms with Crippen LogP contribution in [0, 0.1) is 17.0 Å². The first-order valence-electron chi connectivity index (χ1n) is 18.6. The van der Waals surface area contributed by atoms with Crippen LogP contribution >= 0.6 is 0 Å². The normalized spacial score (nSPS) is 12.6. The van der Waals surface area contributed by atoms with E-state index in [0.29, 0.717) is 5.56 Å². The summed E-state index contributed by atoms with van der Waals surface area (Å²) in [4.78, 5) is 43.2. The maximum absolute atomic E-state index is 14.9. The Balaban J connectivity index is 1.26. The van der Waals surface area contributed by atoms with Crippen molar-refractivity contribution in [2.24, 2.45) is 0 Å². The van der Waals surface area contributed by atoms with Crippen molar-refractivity contribution in [3.63, 3.8) is 0 Å². The second-order valence-corrected chi connectivity index (χ2v) is 19.0. The smallest absolute Gasteiger partial charge is 0.422 e. The van der Waals surface area contributed by atoms with E-state index in [2.05, 4.69) is 15.3 Å². The van der Waals surface area contributed by atoms with Gasteiger partial charge in [0.2, 0.25) is 0 Å². The average Bonchev–Trinajstić information content (AvgIpc) is 3.62. The van der Waals surface area contributed by atoms with Gasteiger partial charge < -0.3 is 24.1 Å². The van der Waals surface area contributed by atoms with Gasteiger partial charge in [0.05, 0.1) is 32.3 Å². The number of fused-ring (bicyclic) bond motifs is 1. The van der Waals surface area contributed by atoms with Gasteiger partial charge in [-0.2, -0.15) is 22.1 Å². The molecule has 1 amide bonds. The number of imidazole rings is 1. The molecule has 17 nitrogen and oxygen atoms in total. The number of hydrogen-bond donors (Lipinski definition) is 1. The fourth-order valence-corrected chi connectivity index (χ4v) is 10.6. The summed E-state index contributed by atoms with van der Waals surface area (Å²) in [5, 5.41) is 13.1. The highest BCUT2D eigenvalue weighted by Crippen LogP contribution is 2.37. The van der Waals surface area contributed by atoms with Crippen molar-refractivity contribution in [2.45, 2.75) is 66.4 Å². The van der Waals surface area contributed by atoms with Crippen molar-refractivity contribution in [3.05, 3.63) is 106 Å². The summed E-state index contributed by atoms with van der Waals surface area (Å²) in [6.07, 6.45) is -3.55. The molecular weight excluding hydrogens is 884 g/mol. The van der Waals surface area contributed by atoms with Crippen LogP contribution < -0.4 is 14.8 Å². The molecular formula is C39H40F3N5O12S3. The highest BCUT2D eigenvalue weighted by Gasteiger charge is 2.36. The maximum atomic E-state index is 14.9. The molecule has 62 heavy (non-hydrogen) atoms. The lowest BCUT2D eigenvalue weighted by Crippen LogP contribution is -2.30. The molecule has 0 spiro atoms. The van der Waals surface area contributed by atoms with Crippen LogP contribution in [0.2, 0.25) is 0 Å². The summed E-state index contributed by atoms with van der Waals surface area (Å²) in [5.74, 6) is -3.26. The molecule has 0 bridgehead atoms. The Morgan fingerprint density at radius 3 is 2.42 bits per heavy atom. The molecule has 0 saturated heterocycles. The van der Waals surface area contributed by atoms with Crippen LogP contribution in [0.5, 0.6) is 11.5 Å². The van der Waals surface area contributed by atoms with Crippen LogP contribution in [0.3, 0.4) is 0 Å². The van der Waals surface area contributed by atoms with Gasteiger partial charge in [-0.25, -0.2) is 16.8 Å². The minimum absolute atomic E-state index is 0.0393. The molecule has 0 aliphatic rings. The zero-order chi connectivity index (χ0) is 45.4. The third-order valence-electron chi connectivity index (χ3n) is 8.98. The van der Waals surface area contributed by atoms with Crippen LogP contribution in [-0.4, -0.2) is 90.4 Å². The third kappa shape index (κ3) is 11.8. The largest absolute Gasteiger partial charge is 0.609 e. The number of para-hydroxylation sites is 2. The second-order valence-electron chi connectivity index (χ2n) is 13.8. The van der Waals surface area contributed by atoms with Gasteiger partial charge in [-0.05, 0) is 55.2 Å². The molecule has 332 valence electrons. The first-order chi connectivity index (χ1) is 29.2. The number of carbonyl (C=O) groups excluding carboxylic acids is 2. The summed E-state index contributed by atoms with van der Waals surface area (Å²) >= 11 is -2.25. The van der Waals surface area contributed by atoms with E-state index in [9.17, 15) is 54.3 Å². The number of ether oxygens (including phenoxy) is 3. The van der Waals surface area contributed by atoms with Crippen LogP contribution in [0.15, 0.2) is 93.9 Å². The molecule has 2 heterocycles. The van der Waals surface area contributed by atoms with Crippen LogP contribution in [0.1, 0.15) is 49.4 Å². The number of benzene rings is 3. The molecule has 0 fully saturated rings. The first kappa shape index (κ1) is 47.3. The standard InChI is InChI=1S/C39H40F3N5O12S3/c1-25(2)29-11-7-14-34(58-22-35(48)44-17-8-15-36(49)57-19-20-61(53,54)28-10-6-9-27(21-28)47(50)51)37(29)62(55,56)46-32-13-5-4-12-30(32)45-38(46)60(52)23-31-26(3)33(16-18-43-31)59-24-39(40,41)42/h4-7,9-14,16,18,21,25H,8,15,17,19-20,22-24H2,1-3H3,(H,44,48). The number of nitrogens with zero attached hydrogens (tertiary/aromatic N) is 4. The van der Waals surface area contributed by atoms with E-state index in [1.54, 1.807) is 32.0 Å². The molecule has 0 radical (unpaired) electrons. The highest BCUT2D eigenvalue weighted by molar-refractivity contribution is 7.93. The van der Waals surface area contributed by atoms with E-state index < -0.39 is 102 Å². The van der Waals surface area contributed by atoms with E-state index in [4.69, 9.17) is 14.2 Å². The number of nitro groups is 1. The number of carbonyl (C=O) groups is 2. The Hall–Kier alpha value is -5.78. The number of halogens is 3. The van der Waals surface area contributed by atoms with Crippen molar-refractivity contribution in [2.75, 3.05) is 32.1 Å². The third-order valence-corrected chi connectivity index (χ3v) is 13.8. The van der Waals surface area contributed by atoms with E-state index in [1.807, 2.05) is 0 Å². The molecule has 1 N–H and O–H groups in total. The van der Waals surface area contributed by atoms with Crippen LogP contribution in [0.4, 0.5) is 18.9 Å². The van der Waals surface area contributed by atoms with Crippen LogP contribution in [0.25, 0.3) is 11.0 Å². The van der Waals surface area contributed by atoms with Crippen molar-refractivity contribution in [1.82, 2.24) is 19.3 Å². The number of pyridine rings is 1. The number of non-ortho nitro benzene ring substituents is 1. The van der Waals surface area contributed by atoms with Crippen molar-refractivity contribution in [3.8, 4) is 11.5 Å². The fourth-order valence-electron chi connectivity index (χ4n) is 5.94. The quantitative estimate of drug-likeness (QED) is 0.0331. The summed E-state index contributed by atoms with van der Waals surface area (Å²) < 4.78 is 124. The molecule has 23 heteroatoms. The summed E-state index contributed by atoms with van der Waals surface area (Å²) in [6, 6.07) is 16.3. The molecule has 0 aliphatic carbocycles. The number of alkyl halides is 3. The lowest BCUT2D eigenvalue weighted by atomic mass is 10.0. The zero-order valence-electron chi connectivity index (χ0n) is 33.3. The topological polar surface area (TPSA) is 239 Å². The zero-order valence-corrected chi connectivity index (χ0v) is 35.7. The van der Waals surface area contributed by atoms with Crippen molar-refractivity contribution in [1.29, 1.82) is 0 Å². The summed E-state index contributed by atoms with van der Waals surface area (Å²) in [7, 11) is -8.73. The van der Waals surface area contributed by atoms with Gasteiger partial charge in [0.25, 0.3) is 21.6 Å².